The van der Waals surface area contributed by atoms with E-state index >= 15 is 0 Å². The Balaban J connectivity index is 2.78. The number of carbonyl (C=O) groups is 1. The highest BCUT2D eigenvalue weighted by Crippen LogP contribution is 2.24. The molecule has 1 rings (SSSR count). The van der Waals surface area contributed by atoms with E-state index in [-0.39, 0.29) is 17.5 Å². The van der Waals surface area contributed by atoms with Crippen LogP contribution in [-0.2, 0) is 0 Å². The van der Waals surface area contributed by atoms with Crippen LogP contribution in [0.4, 0.5) is 23.7 Å². The molecule has 132 valence electrons. The number of carbonyl (C=O) groups excluding carboxylic acids is 1. The molecule has 10 heteroatoms. The lowest BCUT2D eigenvalue weighted by molar-refractivity contribution is -0.129. The second kappa shape index (κ2) is 9.63. The monoisotopic (exact) mass is 380 g/mol. The number of pyridine rings is 1. The van der Waals surface area contributed by atoms with Crippen LogP contribution in [0.15, 0.2) is 29.5 Å². The van der Waals surface area contributed by atoms with E-state index < -0.39 is 23.9 Å². The molecule has 0 bridgehead atoms. The third kappa shape index (κ3) is 7.31. The van der Waals surface area contributed by atoms with E-state index in [1.165, 1.54) is 17.3 Å². The summed E-state index contributed by atoms with van der Waals surface area (Å²) in [5.74, 6) is -0.388. The topological polar surface area (TPSA) is 69.4 Å². The van der Waals surface area contributed by atoms with E-state index in [0.717, 1.165) is 0 Å². The Morgan fingerprint density at radius 1 is 1.58 bits per heavy atom. The number of hydrogen-bond acceptors (Lipinski definition) is 5. The van der Waals surface area contributed by atoms with Crippen molar-refractivity contribution in [2.75, 3.05) is 12.3 Å². The van der Waals surface area contributed by atoms with Crippen LogP contribution < -0.4 is 0 Å². The maximum Gasteiger partial charge on any atom is 0.389 e. The molecular weight excluding hydrogens is 365 g/mol. The van der Waals surface area contributed by atoms with Crippen LogP contribution in [-0.4, -0.2) is 51.0 Å². The molecule has 1 aromatic heterocycles. The third-order valence-corrected chi connectivity index (χ3v) is 3.91. The van der Waals surface area contributed by atoms with Crippen LogP contribution in [0.3, 0.4) is 0 Å². The molecule has 0 saturated heterocycles. The lowest BCUT2D eigenvalue weighted by atomic mass is 10.3. The number of amides is 1. The number of aliphatic imine (C=N–C) groups is 1. The maximum absolute atomic E-state index is 12.2. The molecule has 0 radical (unpaired) electrons. The van der Waals surface area contributed by atoms with Crippen LogP contribution in [0.1, 0.15) is 13.3 Å². The van der Waals surface area contributed by atoms with Crippen molar-refractivity contribution in [1.82, 2.24) is 9.88 Å². The van der Waals surface area contributed by atoms with Crippen molar-refractivity contribution in [1.29, 1.82) is 5.41 Å². The number of aromatic nitrogens is 1. The summed E-state index contributed by atoms with van der Waals surface area (Å²) >= 11 is 6.27. The predicted molar refractivity (Wildman–Crippen MR) is 90.7 cm³/mol. The first-order valence-electron chi connectivity index (χ1n) is 6.93. The van der Waals surface area contributed by atoms with Gasteiger partial charge in [0.1, 0.15) is 11.2 Å². The number of halogens is 4. The van der Waals surface area contributed by atoms with Gasteiger partial charge in [0.25, 0.3) is 5.24 Å². The SMILES string of the molecule is CCN(C(=O)SCCC(F)(F)F)C(C=Nc1cccnc1)C(=N)Cl. The lowest BCUT2D eigenvalue weighted by Gasteiger charge is -2.26. The highest BCUT2D eigenvalue weighted by atomic mass is 35.5. The summed E-state index contributed by atoms with van der Waals surface area (Å²) in [6.45, 7) is 1.82. The van der Waals surface area contributed by atoms with E-state index in [1.54, 1.807) is 25.3 Å². The normalized spacial score (nSPS) is 13.0. The van der Waals surface area contributed by atoms with E-state index in [1.807, 2.05) is 0 Å². The predicted octanol–water partition coefficient (Wildman–Crippen LogP) is 4.50. The Hall–Kier alpha value is -1.61. The first-order chi connectivity index (χ1) is 11.2. The minimum absolute atomic E-state index is 0.177. The van der Waals surface area contributed by atoms with Crippen LogP contribution >= 0.6 is 23.4 Å². The number of rotatable bonds is 7. The van der Waals surface area contributed by atoms with Gasteiger partial charge in [0.15, 0.2) is 0 Å². The molecular formula is C14H16ClF3N4OS. The van der Waals surface area contributed by atoms with Gasteiger partial charge in [-0.3, -0.25) is 20.2 Å². The summed E-state index contributed by atoms with van der Waals surface area (Å²) in [5.41, 5.74) is 0.508. The second-order valence-electron chi connectivity index (χ2n) is 4.55. The van der Waals surface area contributed by atoms with E-state index in [9.17, 15) is 18.0 Å². The molecule has 5 nitrogen and oxygen atoms in total. The molecule has 0 aliphatic heterocycles. The minimum atomic E-state index is -4.31. The van der Waals surface area contributed by atoms with Gasteiger partial charge in [-0.1, -0.05) is 23.4 Å². The summed E-state index contributed by atoms with van der Waals surface area (Å²) in [6.07, 6.45) is -1.02. The first-order valence-corrected chi connectivity index (χ1v) is 8.29. The summed E-state index contributed by atoms with van der Waals surface area (Å²) in [6, 6.07) is 2.40. The van der Waals surface area contributed by atoms with Gasteiger partial charge in [0, 0.05) is 24.7 Å². The molecule has 0 fully saturated rings. The van der Waals surface area contributed by atoms with Crippen LogP contribution in [0, 0.1) is 5.41 Å². The molecule has 1 unspecified atom stereocenters. The Morgan fingerprint density at radius 3 is 2.79 bits per heavy atom. The zero-order chi connectivity index (χ0) is 18.2. The highest BCUT2D eigenvalue weighted by molar-refractivity contribution is 8.13. The van der Waals surface area contributed by atoms with E-state index in [0.29, 0.717) is 17.4 Å². The number of nitrogens with one attached hydrogen (secondary N) is 1. The molecule has 1 atom stereocenters. The van der Waals surface area contributed by atoms with Gasteiger partial charge in [-0.25, -0.2) is 0 Å². The van der Waals surface area contributed by atoms with Crippen LogP contribution in [0.2, 0.25) is 0 Å². The molecule has 1 N–H and O–H groups in total. The van der Waals surface area contributed by atoms with Gasteiger partial charge in [0.05, 0.1) is 18.3 Å². The second-order valence-corrected chi connectivity index (χ2v) is 6.00. The quantitative estimate of drug-likeness (QED) is 0.708. The molecule has 24 heavy (non-hydrogen) atoms. The van der Waals surface area contributed by atoms with Gasteiger partial charge in [-0.15, -0.1) is 0 Å². The fourth-order valence-corrected chi connectivity index (χ4v) is 2.74. The van der Waals surface area contributed by atoms with Crippen molar-refractivity contribution in [3.63, 3.8) is 0 Å². The number of alkyl halides is 3. The van der Waals surface area contributed by atoms with E-state index in [4.69, 9.17) is 17.0 Å². The van der Waals surface area contributed by atoms with Crippen LogP contribution in [0.25, 0.3) is 0 Å². The fraction of sp³-hybridized carbons (Fsp3) is 0.429. The number of thioether (sulfide) groups is 1. The zero-order valence-corrected chi connectivity index (χ0v) is 14.3. The fourth-order valence-electron chi connectivity index (χ4n) is 1.65. The number of hydrogen-bond donors (Lipinski definition) is 1. The summed E-state index contributed by atoms with van der Waals surface area (Å²) in [4.78, 5) is 21.3. The van der Waals surface area contributed by atoms with Crippen LogP contribution in [0.5, 0.6) is 0 Å². The lowest BCUT2D eigenvalue weighted by Crippen LogP contribution is -2.42. The maximum atomic E-state index is 12.2. The molecule has 0 aliphatic rings. The minimum Gasteiger partial charge on any atom is -0.319 e. The van der Waals surface area contributed by atoms with Crippen molar-refractivity contribution in [3.05, 3.63) is 24.5 Å². The number of nitrogens with zero attached hydrogens (tertiary/aromatic N) is 3. The Labute approximate surface area is 146 Å². The van der Waals surface area contributed by atoms with Gasteiger partial charge < -0.3 is 4.90 Å². The van der Waals surface area contributed by atoms with Crippen molar-refractivity contribution >= 4 is 45.7 Å². The highest BCUT2D eigenvalue weighted by Gasteiger charge is 2.29. The summed E-state index contributed by atoms with van der Waals surface area (Å²) in [7, 11) is 0. The van der Waals surface area contributed by atoms with Gasteiger partial charge in [-0.2, -0.15) is 13.2 Å². The molecule has 0 spiro atoms. The van der Waals surface area contributed by atoms with Crippen molar-refractivity contribution < 1.29 is 18.0 Å². The first kappa shape index (κ1) is 20.4. The standard InChI is InChI=1S/C14H16ClF3N4OS/c1-2-22(13(23)24-7-5-14(16,17)18)11(12(15)19)9-21-10-4-3-6-20-8-10/h3-4,6,8-9,11,19H,2,5,7H2,1H3. The average molecular weight is 381 g/mol. The molecule has 1 heterocycles. The Bertz CT molecular complexity index is 583. The van der Waals surface area contributed by atoms with Gasteiger partial charge in [-0.05, 0) is 19.1 Å². The zero-order valence-electron chi connectivity index (χ0n) is 12.8. The molecule has 1 amide bonds. The van der Waals surface area contributed by atoms with Crippen molar-refractivity contribution in [2.24, 2.45) is 4.99 Å². The smallest absolute Gasteiger partial charge is 0.319 e. The molecule has 0 aliphatic carbocycles. The largest absolute Gasteiger partial charge is 0.389 e. The summed E-state index contributed by atoms with van der Waals surface area (Å²) < 4.78 is 36.5. The molecule has 0 saturated carbocycles. The molecule has 0 aromatic carbocycles. The molecule has 1 aromatic rings. The van der Waals surface area contributed by atoms with E-state index in [2.05, 4.69) is 9.98 Å². The Morgan fingerprint density at radius 2 is 2.29 bits per heavy atom. The third-order valence-electron chi connectivity index (χ3n) is 2.79. The summed E-state index contributed by atoms with van der Waals surface area (Å²) in [5, 5.41) is 6.66. The average Bonchev–Trinajstić information content (AvgIpc) is 2.50. The van der Waals surface area contributed by atoms with Gasteiger partial charge in [0.2, 0.25) is 0 Å². The Kier molecular flexibility index (Phi) is 8.20. The van der Waals surface area contributed by atoms with Crippen molar-refractivity contribution in [3.8, 4) is 0 Å². The van der Waals surface area contributed by atoms with Crippen molar-refractivity contribution in [2.45, 2.75) is 25.6 Å². The van der Waals surface area contributed by atoms with Gasteiger partial charge >= 0.3 is 6.18 Å².